The second-order valence-electron chi connectivity index (χ2n) is 3.83. The summed E-state index contributed by atoms with van der Waals surface area (Å²) < 4.78 is 13.4. The molecule has 1 fully saturated rings. The highest BCUT2D eigenvalue weighted by atomic mass is 19.1. The summed E-state index contributed by atoms with van der Waals surface area (Å²) >= 11 is 0. The van der Waals surface area contributed by atoms with Crippen molar-refractivity contribution in [3.8, 4) is 0 Å². The molecule has 0 bridgehead atoms. The lowest BCUT2D eigenvalue weighted by molar-refractivity contribution is 0.198. The van der Waals surface area contributed by atoms with E-state index < -0.39 is 0 Å². The lowest BCUT2D eigenvalue weighted by Gasteiger charge is -2.21. The Kier molecular flexibility index (Phi) is 2.88. The van der Waals surface area contributed by atoms with Crippen LogP contribution in [0, 0.1) is 5.82 Å². The minimum Gasteiger partial charge on any atom is -0.391 e. The van der Waals surface area contributed by atoms with Gasteiger partial charge in [0.25, 0.3) is 0 Å². The molecule has 1 aromatic rings. The number of β-amino-alcohol motifs (C(OH)–C–C–N with tert-alkyl or cyclic N) is 1. The Morgan fingerprint density at radius 3 is 2.93 bits per heavy atom. The Morgan fingerprint density at radius 2 is 2.33 bits per heavy atom. The maximum Gasteiger partial charge on any atom is 0.129 e. The van der Waals surface area contributed by atoms with Crippen molar-refractivity contribution in [2.45, 2.75) is 19.1 Å². The summed E-state index contributed by atoms with van der Waals surface area (Å²) in [5, 5.41) is 9.43. The van der Waals surface area contributed by atoms with E-state index >= 15 is 0 Å². The van der Waals surface area contributed by atoms with Gasteiger partial charge in [-0.3, -0.25) is 0 Å². The van der Waals surface area contributed by atoms with Gasteiger partial charge in [0.05, 0.1) is 6.10 Å². The van der Waals surface area contributed by atoms with Gasteiger partial charge in [-0.2, -0.15) is 0 Å². The molecule has 1 aromatic carbocycles. The highest BCUT2D eigenvalue weighted by molar-refractivity contribution is 5.55. The molecule has 1 saturated heterocycles. The van der Waals surface area contributed by atoms with Crippen molar-refractivity contribution in [2.24, 2.45) is 5.73 Å². The molecule has 0 spiro atoms. The first-order valence-electron chi connectivity index (χ1n) is 5.13. The van der Waals surface area contributed by atoms with Crippen LogP contribution in [0.5, 0.6) is 0 Å². The van der Waals surface area contributed by atoms with Crippen molar-refractivity contribution in [3.63, 3.8) is 0 Å². The molecule has 3 N–H and O–H groups in total. The van der Waals surface area contributed by atoms with Gasteiger partial charge in [0.1, 0.15) is 5.82 Å². The molecule has 1 unspecified atom stereocenters. The van der Waals surface area contributed by atoms with Gasteiger partial charge in [-0.1, -0.05) is 6.07 Å². The van der Waals surface area contributed by atoms with Crippen LogP contribution in [0.1, 0.15) is 12.0 Å². The van der Waals surface area contributed by atoms with Crippen LogP contribution in [0.3, 0.4) is 0 Å². The number of halogens is 1. The van der Waals surface area contributed by atoms with Gasteiger partial charge in [-0.25, -0.2) is 4.39 Å². The van der Waals surface area contributed by atoms with Gasteiger partial charge in [0, 0.05) is 30.9 Å². The molecule has 1 heterocycles. The Labute approximate surface area is 88.3 Å². The van der Waals surface area contributed by atoms with Crippen LogP contribution >= 0.6 is 0 Å². The van der Waals surface area contributed by atoms with E-state index in [1.807, 2.05) is 11.0 Å². The third-order valence-corrected chi connectivity index (χ3v) is 2.80. The summed E-state index contributed by atoms with van der Waals surface area (Å²) in [6.45, 7) is 1.52. The minimum atomic E-state index is -0.307. The molecule has 0 radical (unpaired) electrons. The molecule has 0 saturated carbocycles. The maximum absolute atomic E-state index is 13.4. The first-order valence-corrected chi connectivity index (χ1v) is 5.13. The molecule has 4 heteroatoms. The third kappa shape index (κ3) is 1.96. The number of hydrogen-bond acceptors (Lipinski definition) is 3. The van der Waals surface area contributed by atoms with Crippen LogP contribution in [-0.4, -0.2) is 24.3 Å². The summed E-state index contributed by atoms with van der Waals surface area (Å²) in [5.41, 5.74) is 6.87. The minimum absolute atomic E-state index is 0.189. The van der Waals surface area contributed by atoms with E-state index in [1.165, 1.54) is 6.07 Å². The number of rotatable bonds is 2. The predicted molar refractivity (Wildman–Crippen MR) is 57.1 cm³/mol. The topological polar surface area (TPSA) is 49.5 Å². The second kappa shape index (κ2) is 4.16. The zero-order valence-corrected chi connectivity index (χ0v) is 8.49. The molecule has 0 aliphatic carbocycles. The number of aliphatic hydroxyl groups excluding tert-OH is 1. The second-order valence-corrected chi connectivity index (χ2v) is 3.83. The standard InChI is InChI=1S/C11H15FN2O/c12-10-2-1-3-11(9(10)6-13)14-5-4-8(15)7-14/h1-3,8,15H,4-7,13H2. The zero-order valence-electron chi connectivity index (χ0n) is 8.49. The summed E-state index contributed by atoms with van der Waals surface area (Å²) in [4.78, 5) is 1.98. The Morgan fingerprint density at radius 1 is 1.53 bits per heavy atom. The molecular formula is C11H15FN2O. The highest BCUT2D eigenvalue weighted by Gasteiger charge is 2.22. The normalized spacial score (nSPS) is 21.0. The van der Waals surface area contributed by atoms with Crippen LogP contribution < -0.4 is 10.6 Å². The summed E-state index contributed by atoms with van der Waals surface area (Å²) in [6, 6.07) is 4.94. The highest BCUT2D eigenvalue weighted by Crippen LogP contribution is 2.26. The van der Waals surface area contributed by atoms with E-state index in [-0.39, 0.29) is 18.5 Å². The predicted octanol–water partition coefficient (Wildman–Crippen LogP) is 0.855. The van der Waals surface area contributed by atoms with E-state index in [0.717, 1.165) is 18.7 Å². The molecule has 1 atom stereocenters. The fraction of sp³-hybridized carbons (Fsp3) is 0.455. The number of hydrogen-bond donors (Lipinski definition) is 2. The van der Waals surface area contributed by atoms with E-state index in [9.17, 15) is 9.50 Å². The van der Waals surface area contributed by atoms with Gasteiger partial charge in [-0.05, 0) is 18.6 Å². The van der Waals surface area contributed by atoms with Crippen molar-refractivity contribution < 1.29 is 9.50 Å². The molecule has 1 aliphatic heterocycles. The van der Waals surface area contributed by atoms with Gasteiger partial charge >= 0.3 is 0 Å². The van der Waals surface area contributed by atoms with Crippen LogP contribution in [-0.2, 0) is 6.54 Å². The molecule has 3 nitrogen and oxygen atoms in total. The average Bonchev–Trinajstić information content (AvgIpc) is 2.64. The van der Waals surface area contributed by atoms with Crippen molar-refractivity contribution >= 4 is 5.69 Å². The zero-order chi connectivity index (χ0) is 10.8. The smallest absolute Gasteiger partial charge is 0.129 e. The van der Waals surface area contributed by atoms with E-state index in [2.05, 4.69) is 0 Å². The number of benzene rings is 1. The van der Waals surface area contributed by atoms with Crippen molar-refractivity contribution in [1.29, 1.82) is 0 Å². The van der Waals surface area contributed by atoms with Gasteiger partial charge in [0.2, 0.25) is 0 Å². The molecule has 1 aliphatic rings. The average molecular weight is 210 g/mol. The number of nitrogens with two attached hydrogens (primary N) is 1. The molecule has 0 aromatic heterocycles. The van der Waals surface area contributed by atoms with Crippen molar-refractivity contribution in [3.05, 3.63) is 29.6 Å². The molecule has 82 valence electrons. The number of aliphatic hydroxyl groups is 1. The van der Waals surface area contributed by atoms with Crippen LogP contribution in [0.25, 0.3) is 0 Å². The molecule has 0 amide bonds. The Balaban J connectivity index is 2.31. The molecule has 2 rings (SSSR count). The molecular weight excluding hydrogens is 195 g/mol. The first kappa shape index (κ1) is 10.4. The fourth-order valence-corrected chi connectivity index (χ4v) is 2.01. The lowest BCUT2D eigenvalue weighted by atomic mass is 10.1. The van der Waals surface area contributed by atoms with E-state index in [4.69, 9.17) is 5.73 Å². The lowest BCUT2D eigenvalue weighted by Crippen LogP contribution is -2.23. The summed E-state index contributed by atoms with van der Waals surface area (Å²) in [6.07, 6.45) is 0.430. The van der Waals surface area contributed by atoms with Gasteiger partial charge < -0.3 is 15.7 Å². The largest absolute Gasteiger partial charge is 0.391 e. The van der Waals surface area contributed by atoms with Crippen molar-refractivity contribution in [2.75, 3.05) is 18.0 Å². The third-order valence-electron chi connectivity index (χ3n) is 2.80. The van der Waals surface area contributed by atoms with Crippen LogP contribution in [0.15, 0.2) is 18.2 Å². The first-order chi connectivity index (χ1) is 7.22. The van der Waals surface area contributed by atoms with E-state index in [1.54, 1.807) is 6.07 Å². The van der Waals surface area contributed by atoms with Crippen LogP contribution in [0.2, 0.25) is 0 Å². The van der Waals surface area contributed by atoms with Crippen molar-refractivity contribution in [1.82, 2.24) is 0 Å². The molecule has 15 heavy (non-hydrogen) atoms. The SMILES string of the molecule is NCc1c(F)cccc1N1CCC(O)C1. The summed E-state index contributed by atoms with van der Waals surface area (Å²) in [5.74, 6) is -0.267. The Bertz CT molecular complexity index is 356. The monoisotopic (exact) mass is 210 g/mol. The number of nitrogens with zero attached hydrogens (tertiary/aromatic N) is 1. The van der Waals surface area contributed by atoms with Gasteiger partial charge in [0.15, 0.2) is 0 Å². The maximum atomic E-state index is 13.4. The quantitative estimate of drug-likeness (QED) is 0.761. The summed E-state index contributed by atoms with van der Waals surface area (Å²) in [7, 11) is 0. The fourth-order valence-electron chi connectivity index (χ4n) is 2.01. The Hall–Kier alpha value is -1.13. The van der Waals surface area contributed by atoms with Gasteiger partial charge in [-0.15, -0.1) is 0 Å². The number of anilines is 1. The van der Waals surface area contributed by atoms with E-state index in [0.29, 0.717) is 12.1 Å². The van der Waals surface area contributed by atoms with Crippen LogP contribution in [0.4, 0.5) is 10.1 Å².